The molecule has 0 unspecified atom stereocenters. The number of aromatic nitrogens is 3. The Kier molecular flexibility index (Phi) is 2.85. The molecular formula is C13H16N4O2. The van der Waals surface area contributed by atoms with Crippen LogP contribution in [0, 0.1) is 6.92 Å². The van der Waals surface area contributed by atoms with E-state index in [9.17, 15) is 4.79 Å². The highest BCUT2D eigenvalue weighted by molar-refractivity contribution is 6.02. The van der Waals surface area contributed by atoms with E-state index in [0.29, 0.717) is 17.4 Å². The molecule has 19 heavy (non-hydrogen) atoms. The second kappa shape index (κ2) is 4.53. The number of hydrogen-bond acceptors (Lipinski definition) is 4. The SMILES string of the molecule is CCn1nc(NC(=O)c2cc(C3CC3)on2)cc1C. The molecule has 100 valence electrons. The first-order chi connectivity index (χ1) is 9.17. The highest BCUT2D eigenvalue weighted by Gasteiger charge is 2.29. The van der Waals surface area contributed by atoms with Crippen LogP contribution in [0.3, 0.4) is 0 Å². The summed E-state index contributed by atoms with van der Waals surface area (Å²) < 4.78 is 6.99. The van der Waals surface area contributed by atoms with Crippen LogP contribution in [-0.2, 0) is 6.54 Å². The standard InChI is InChI=1S/C13H16N4O2/c1-3-17-8(2)6-12(15-17)14-13(18)10-7-11(19-16-10)9-4-5-9/h6-7,9H,3-5H2,1-2H3,(H,14,15,18). The predicted octanol–water partition coefficient (Wildman–Crippen LogP) is 2.33. The summed E-state index contributed by atoms with van der Waals surface area (Å²) in [5.41, 5.74) is 1.32. The average molecular weight is 260 g/mol. The summed E-state index contributed by atoms with van der Waals surface area (Å²) in [6.07, 6.45) is 2.24. The lowest BCUT2D eigenvalue weighted by Gasteiger charge is -1.98. The van der Waals surface area contributed by atoms with Crippen LogP contribution in [0.25, 0.3) is 0 Å². The van der Waals surface area contributed by atoms with Gasteiger partial charge in [0.25, 0.3) is 5.91 Å². The van der Waals surface area contributed by atoms with Gasteiger partial charge < -0.3 is 9.84 Å². The molecule has 1 amide bonds. The fourth-order valence-corrected chi connectivity index (χ4v) is 2.03. The number of amides is 1. The molecule has 1 aliphatic rings. The van der Waals surface area contributed by atoms with Gasteiger partial charge in [0.1, 0.15) is 5.76 Å². The third-order valence-electron chi connectivity index (χ3n) is 3.26. The minimum atomic E-state index is -0.281. The normalized spacial score (nSPS) is 14.6. The fourth-order valence-electron chi connectivity index (χ4n) is 2.03. The van der Waals surface area contributed by atoms with Crippen molar-refractivity contribution in [2.24, 2.45) is 0 Å². The first kappa shape index (κ1) is 12.0. The summed E-state index contributed by atoms with van der Waals surface area (Å²) in [6, 6.07) is 3.56. The van der Waals surface area contributed by atoms with E-state index in [1.807, 2.05) is 24.6 Å². The number of rotatable bonds is 4. The highest BCUT2D eigenvalue weighted by atomic mass is 16.5. The number of carbonyl (C=O) groups is 1. The van der Waals surface area contributed by atoms with Gasteiger partial charge in [0.05, 0.1) is 0 Å². The van der Waals surface area contributed by atoms with Crippen molar-refractivity contribution in [2.45, 2.75) is 39.2 Å². The van der Waals surface area contributed by atoms with Gasteiger partial charge >= 0.3 is 0 Å². The van der Waals surface area contributed by atoms with Crippen molar-refractivity contribution in [3.05, 3.63) is 29.3 Å². The molecule has 1 aliphatic carbocycles. The molecular weight excluding hydrogens is 244 g/mol. The average Bonchev–Trinajstić information content (AvgIpc) is 3.01. The third-order valence-corrected chi connectivity index (χ3v) is 3.26. The van der Waals surface area contributed by atoms with Crippen molar-refractivity contribution in [2.75, 3.05) is 5.32 Å². The lowest BCUT2D eigenvalue weighted by atomic mass is 10.3. The van der Waals surface area contributed by atoms with E-state index in [0.717, 1.165) is 30.8 Å². The van der Waals surface area contributed by atoms with Gasteiger partial charge in [-0.3, -0.25) is 9.48 Å². The number of hydrogen-bond donors (Lipinski definition) is 1. The van der Waals surface area contributed by atoms with Crippen LogP contribution in [0.5, 0.6) is 0 Å². The van der Waals surface area contributed by atoms with Crippen molar-refractivity contribution >= 4 is 11.7 Å². The maximum Gasteiger partial charge on any atom is 0.279 e. The van der Waals surface area contributed by atoms with Crippen LogP contribution >= 0.6 is 0 Å². The Labute approximate surface area is 110 Å². The van der Waals surface area contributed by atoms with E-state index in [1.165, 1.54) is 0 Å². The van der Waals surface area contributed by atoms with Gasteiger partial charge in [-0.15, -0.1) is 0 Å². The van der Waals surface area contributed by atoms with E-state index in [-0.39, 0.29) is 5.91 Å². The molecule has 0 bridgehead atoms. The van der Waals surface area contributed by atoms with Gasteiger partial charge in [-0.05, 0) is 26.7 Å². The molecule has 2 heterocycles. The Bertz CT molecular complexity index is 610. The lowest BCUT2D eigenvalue weighted by molar-refractivity contribution is 0.101. The van der Waals surface area contributed by atoms with Gasteiger partial charge in [0, 0.05) is 30.3 Å². The zero-order valence-electron chi connectivity index (χ0n) is 11.0. The van der Waals surface area contributed by atoms with E-state index < -0.39 is 0 Å². The fraction of sp³-hybridized carbons (Fsp3) is 0.462. The molecule has 0 spiro atoms. The van der Waals surface area contributed by atoms with Gasteiger partial charge in [-0.1, -0.05) is 5.16 Å². The molecule has 2 aromatic rings. The summed E-state index contributed by atoms with van der Waals surface area (Å²) in [6.45, 7) is 4.73. The molecule has 1 N–H and O–H groups in total. The van der Waals surface area contributed by atoms with E-state index in [4.69, 9.17) is 4.52 Å². The Morgan fingerprint density at radius 2 is 2.32 bits per heavy atom. The number of carbonyl (C=O) groups excluding carboxylic acids is 1. The van der Waals surface area contributed by atoms with Crippen molar-refractivity contribution in [3.8, 4) is 0 Å². The summed E-state index contributed by atoms with van der Waals surface area (Å²) in [7, 11) is 0. The van der Waals surface area contributed by atoms with Crippen LogP contribution in [0.2, 0.25) is 0 Å². The largest absolute Gasteiger partial charge is 0.360 e. The molecule has 3 rings (SSSR count). The minimum absolute atomic E-state index is 0.281. The second-order valence-corrected chi connectivity index (χ2v) is 4.83. The zero-order chi connectivity index (χ0) is 13.4. The van der Waals surface area contributed by atoms with Crippen molar-refractivity contribution in [3.63, 3.8) is 0 Å². The van der Waals surface area contributed by atoms with Gasteiger partial charge in [-0.25, -0.2) is 0 Å². The summed E-state index contributed by atoms with van der Waals surface area (Å²) >= 11 is 0. The molecule has 0 saturated heterocycles. The number of nitrogens with one attached hydrogen (secondary N) is 1. The van der Waals surface area contributed by atoms with Crippen molar-refractivity contribution in [1.82, 2.24) is 14.9 Å². The lowest BCUT2D eigenvalue weighted by Crippen LogP contribution is -2.13. The molecule has 1 fully saturated rings. The Morgan fingerprint density at radius 3 is 2.95 bits per heavy atom. The zero-order valence-corrected chi connectivity index (χ0v) is 11.0. The number of aryl methyl sites for hydroxylation is 2. The molecule has 0 aromatic carbocycles. The molecule has 6 nitrogen and oxygen atoms in total. The predicted molar refractivity (Wildman–Crippen MR) is 69.1 cm³/mol. The number of nitrogens with zero attached hydrogens (tertiary/aromatic N) is 3. The smallest absolute Gasteiger partial charge is 0.279 e. The summed E-state index contributed by atoms with van der Waals surface area (Å²) in [4.78, 5) is 12.0. The van der Waals surface area contributed by atoms with Crippen molar-refractivity contribution < 1.29 is 9.32 Å². The van der Waals surface area contributed by atoms with Crippen LogP contribution in [-0.4, -0.2) is 20.8 Å². The molecule has 0 atom stereocenters. The van der Waals surface area contributed by atoms with Gasteiger partial charge in [0.2, 0.25) is 0 Å². The molecule has 0 radical (unpaired) electrons. The van der Waals surface area contributed by atoms with Gasteiger partial charge in [0.15, 0.2) is 11.5 Å². The van der Waals surface area contributed by atoms with E-state index >= 15 is 0 Å². The topological polar surface area (TPSA) is 73.0 Å². The quantitative estimate of drug-likeness (QED) is 0.915. The van der Waals surface area contributed by atoms with E-state index in [2.05, 4.69) is 15.6 Å². The Balaban J connectivity index is 1.72. The Morgan fingerprint density at radius 1 is 1.53 bits per heavy atom. The first-order valence-corrected chi connectivity index (χ1v) is 6.49. The minimum Gasteiger partial charge on any atom is -0.360 e. The number of anilines is 1. The van der Waals surface area contributed by atoms with Crippen molar-refractivity contribution in [1.29, 1.82) is 0 Å². The monoisotopic (exact) mass is 260 g/mol. The molecule has 1 saturated carbocycles. The maximum atomic E-state index is 12.0. The highest BCUT2D eigenvalue weighted by Crippen LogP contribution is 2.40. The van der Waals surface area contributed by atoms with Crippen LogP contribution < -0.4 is 5.32 Å². The summed E-state index contributed by atoms with van der Waals surface area (Å²) in [5.74, 6) is 1.52. The van der Waals surface area contributed by atoms with Crippen LogP contribution in [0.4, 0.5) is 5.82 Å². The maximum absolute atomic E-state index is 12.0. The molecule has 6 heteroatoms. The second-order valence-electron chi connectivity index (χ2n) is 4.83. The van der Waals surface area contributed by atoms with Gasteiger partial charge in [-0.2, -0.15) is 5.10 Å². The van der Waals surface area contributed by atoms with E-state index in [1.54, 1.807) is 6.07 Å². The van der Waals surface area contributed by atoms with Crippen LogP contribution in [0.1, 0.15) is 47.6 Å². The molecule has 0 aliphatic heterocycles. The summed E-state index contributed by atoms with van der Waals surface area (Å²) in [5, 5.41) is 10.8. The first-order valence-electron chi connectivity index (χ1n) is 6.49. The van der Waals surface area contributed by atoms with Crippen LogP contribution in [0.15, 0.2) is 16.7 Å². The third kappa shape index (κ3) is 2.38. The molecule has 2 aromatic heterocycles. The Hall–Kier alpha value is -2.11.